The monoisotopic (exact) mass is 347 g/mol. The number of ether oxygens (including phenoxy) is 2. The zero-order chi connectivity index (χ0) is 17.8. The average Bonchev–Trinajstić information content (AvgIpc) is 3.11. The van der Waals surface area contributed by atoms with Crippen LogP contribution in [0.3, 0.4) is 0 Å². The molecular weight excluding hydrogens is 322 g/mol. The predicted molar refractivity (Wildman–Crippen MR) is 95.2 cm³/mol. The molecule has 136 valence electrons. The predicted octanol–water partition coefficient (Wildman–Crippen LogP) is 2.46. The summed E-state index contributed by atoms with van der Waals surface area (Å²) in [5.74, 6) is 0.510. The Labute approximate surface area is 147 Å². The molecule has 2 heterocycles. The summed E-state index contributed by atoms with van der Waals surface area (Å²) in [6.07, 6.45) is 4.54. The molecule has 7 heteroatoms. The molecule has 1 saturated heterocycles. The molecule has 1 unspecified atom stereocenters. The molecule has 25 heavy (non-hydrogen) atoms. The highest BCUT2D eigenvalue weighted by atomic mass is 16.5. The lowest BCUT2D eigenvalue weighted by Crippen LogP contribution is -2.35. The van der Waals surface area contributed by atoms with Crippen LogP contribution in [0.2, 0.25) is 0 Å². The van der Waals surface area contributed by atoms with Crippen LogP contribution >= 0.6 is 0 Å². The SMILES string of the molecule is CN(CCCC1CCCO1)C(=O)Nc1ccc2c(c1)OCC(=O)N2C. The molecular formula is C18H25N3O4. The third kappa shape index (κ3) is 4.22. The smallest absolute Gasteiger partial charge is 0.321 e. The number of rotatable bonds is 5. The van der Waals surface area contributed by atoms with Crippen molar-refractivity contribution in [3.63, 3.8) is 0 Å². The zero-order valence-electron chi connectivity index (χ0n) is 14.8. The van der Waals surface area contributed by atoms with Gasteiger partial charge in [-0.2, -0.15) is 0 Å². The summed E-state index contributed by atoms with van der Waals surface area (Å²) in [4.78, 5) is 27.2. The first-order chi connectivity index (χ1) is 12.0. The lowest BCUT2D eigenvalue weighted by molar-refractivity contribution is -0.120. The fourth-order valence-corrected chi connectivity index (χ4v) is 3.10. The van der Waals surface area contributed by atoms with E-state index in [4.69, 9.17) is 9.47 Å². The van der Waals surface area contributed by atoms with E-state index in [0.717, 1.165) is 32.3 Å². The molecule has 0 radical (unpaired) electrons. The van der Waals surface area contributed by atoms with Gasteiger partial charge in [0.15, 0.2) is 6.61 Å². The van der Waals surface area contributed by atoms with Crippen molar-refractivity contribution in [1.82, 2.24) is 4.90 Å². The molecule has 1 fully saturated rings. The van der Waals surface area contributed by atoms with Crippen LogP contribution in [-0.4, -0.2) is 56.8 Å². The van der Waals surface area contributed by atoms with E-state index in [-0.39, 0.29) is 18.5 Å². The second-order valence-electron chi connectivity index (χ2n) is 6.55. The van der Waals surface area contributed by atoms with Crippen LogP contribution in [0.4, 0.5) is 16.2 Å². The summed E-state index contributed by atoms with van der Waals surface area (Å²) in [5, 5.41) is 2.87. The number of urea groups is 1. The first-order valence-corrected chi connectivity index (χ1v) is 8.71. The first kappa shape index (κ1) is 17.5. The lowest BCUT2D eigenvalue weighted by Gasteiger charge is -2.26. The second-order valence-corrected chi connectivity index (χ2v) is 6.55. The third-order valence-electron chi connectivity index (χ3n) is 4.69. The Morgan fingerprint density at radius 3 is 3.04 bits per heavy atom. The van der Waals surface area contributed by atoms with Gasteiger partial charge in [-0.1, -0.05) is 0 Å². The quantitative estimate of drug-likeness (QED) is 0.888. The van der Waals surface area contributed by atoms with Crippen molar-refractivity contribution in [3.8, 4) is 5.75 Å². The maximum absolute atomic E-state index is 12.3. The molecule has 1 aromatic rings. The van der Waals surface area contributed by atoms with Crippen molar-refractivity contribution in [2.45, 2.75) is 31.8 Å². The number of anilines is 2. The van der Waals surface area contributed by atoms with E-state index in [0.29, 0.717) is 29.8 Å². The molecule has 0 saturated carbocycles. The minimum atomic E-state index is -0.160. The van der Waals surface area contributed by atoms with Gasteiger partial charge in [0.1, 0.15) is 5.75 Å². The summed E-state index contributed by atoms with van der Waals surface area (Å²) in [5.41, 5.74) is 1.36. The average molecular weight is 347 g/mol. The fraction of sp³-hybridized carbons (Fsp3) is 0.556. The highest BCUT2D eigenvalue weighted by Crippen LogP contribution is 2.33. The molecule has 2 aliphatic heterocycles. The van der Waals surface area contributed by atoms with Gasteiger partial charge in [0.2, 0.25) is 0 Å². The Morgan fingerprint density at radius 1 is 1.44 bits per heavy atom. The maximum Gasteiger partial charge on any atom is 0.321 e. The van der Waals surface area contributed by atoms with Crippen molar-refractivity contribution in [2.24, 2.45) is 0 Å². The molecule has 7 nitrogen and oxygen atoms in total. The number of amides is 3. The van der Waals surface area contributed by atoms with Crippen LogP contribution in [0.25, 0.3) is 0 Å². The third-order valence-corrected chi connectivity index (χ3v) is 4.69. The number of fused-ring (bicyclic) bond motifs is 1. The van der Waals surface area contributed by atoms with Crippen LogP contribution in [-0.2, 0) is 9.53 Å². The van der Waals surface area contributed by atoms with Crippen LogP contribution in [0, 0.1) is 0 Å². The Morgan fingerprint density at radius 2 is 2.28 bits per heavy atom. The van der Waals surface area contributed by atoms with Gasteiger partial charge in [-0.15, -0.1) is 0 Å². The minimum absolute atomic E-state index is 0.0179. The van der Waals surface area contributed by atoms with Gasteiger partial charge in [-0.05, 0) is 37.8 Å². The molecule has 1 aromatic carbocycles. The molecule has 1 atom stereocenters. The Balaban J connectivity index is 1.51. The number of hydrogen-bond donors (Lipinski definition) is 1. The van der Waals surface area contributed by atoms with E-state index < -0.39 is 0 Å². The van der Waals surface area contributed by atoms with Crippen LogP contribution in [0.15, 0.2) is 18.2 Å². The van der Waals surface area contributed by atoms with Gasteiger partial charge in [-0.3, -0.25) is 4.79 Å². The molecule has 2 aliphatic rings. The summed E-state index contributed by atoms with van der Waals surface area (Å²) in [6, 6.07) is 5.14. The number of nitrogens with zero attached hydrogens (tertiary/aromatic N) is 2. The van der Waals surface area contributed by atoms with Crippen molar-refractivity contribution >= 4 is 23.3 Å². The normalized spacial score (nSPS) is 19.4. The fourth-order valence-electron chi connectivity index (χ4n) is 3.10. The lowest BCUT2D eigenvalue weighted by atomic mass is 10.1. The van der Waals surface area contributed by atoms with Crippen molar-refractivity contribution in [2.75, 3.05) is 44.1 Å². The highest BCUT2D eigenvalue weighted by Gasteiger charge is 2.22. The maximum atomic E-state index is 12.3. The van der Waals surface area contributed by atoms with Crippen molar-refractivity contribution in [1.29, 1.82) is 0 Å². The van der Waals surface area contributed by atoms with Crippen LogP contribution < -0.4 is 15.0 Å². The van der Waals surface area contributed by atoms with Crippen molar-refractivity contribution in [3.05, 3.63) is 18.2 Å². The van der Waals surface area contributed by atoms with Gasteiger partial charge in [0.25, 0.3) is 5.91 Å². The van der Waals surface area contributed by atoms with Gasteiger partial charge in [0, 0.05) is 39.0 Å². The number of likely N-dealkylation sites (N-methyl/N-ethyl adjacent to an activating group) is 1. The summed E-state index contributed by atoms with van der Waals surface area (Å²) in [7, 11) is 3.50. The molecule has 0 aliphatic carbocycles. The number of hydrogen-bond acceptors (Lipinski definition) is 4. The summed E-state index contributed by atoms with van der Waals surface area (Å²) in [6.45, 7) is 1.57. The van der Waals surface area contributed by atoms with E-state index in [9.17, 15) is 9.59 Å². The Kier molecular flexibility index (Phi) is 5.43. The molecule has 0 bridgehead atoms. The topological polar surface area (TPSA) is 71.1 Å². The van der Waals surface area contributed by atoms with Gasteiger partial charge < -0.3 is 24.6 Å². The summed E-state index contributed by atoms with van der Waals surface area (Å²) >= 11 is 0. The largest absolute Gasteiger partial charge is 0.481 e. The number of carbonyl (C=O) groups is 2. The zero-order valence-corrected chi connectivity index (χ0v) is 14.8. The molecule has 3 amide bonds. The molecule has 0 spiro atoms. The van der Waals surface area contributed by atoms with E-state index in [1.807, 2.05) is 0 Å². The van der Waals surface area contributed by atoms with E-state index in [2.05, 4.69) is 5.32 Å². The standard InChI is InChI=1S/C18H25N3O4/c1-20(9-3-5-14-6-4-10-24-14)18(23)19-13-7-8-15-16(11-13)25-12-17(22)21(15)2/h7-8,11,14H,3-6,9-10,12H2,1-2H3,(H,19,23). The number of benzene rings is 1. The van der Waals surface area contributed by atoms with Crippen molar-refractivity contribution < 1.29 is 19.1 Å². The van der Waals surface area contributed by atoms with Gasteiger partial charge in [0.05, 0.1) is 11.8 Å². The van der Waals surface area contributed by atoms with Gasteiger partial charge >= 0.3 is 6.03 Å². The Bertz CT molecular complexity index is 643. The van der Waals surface area contributed by atoms with E-state index in [1.165, 1.54) is 0 Å². The van der Waals surface area contributed by atoms with E-state index in [1.54, 1.807) is 42.1 Å². The van der Waals surface area contributed by atoms with E-state index >= 15 is 0 Å². The first-order valence-electron chi connectivity index (χ1n) is 8.71. The molecule has 1 N–H and O–H groups in total. The van der Waals surface area contributed by atoms with Crippen LogP contribution in [0.5, 0.6) is 5.75 Å². The number of carbonyl (C=O) groups excluding carboxylic acids is 2. The number of nitrogens with one attached hydrogen (secondary N) is 1. The Hall–Kier alpha value is -2.28. The van der Waals surface area contributed by atoms with Crippen LogP contribution in [0.1, 0.15) is 25.7 Å². The highest BCUT2D eigenvalue weighted by molar-refractivity contribution is 5.98. The molecule has 3 rings (SSSR count). The summed E-state index contributed by atoms with van der Waals surface area (Å²) < 4.78 is 11.0. The second kappa shape index (κ2) is 7.74. The minimum Gasteiger partial charge on any atom is -0.481 e. The molecule has 0 aromatic heterocycles. The van der Waals surface area contributed by atoms with Gasteiger partial charge in [-0.25, -0.2) is 4.79 Å².